The first-order valence-corrected chi connectivity index (χ1v) is 6.61. The van der Waals surface area contributed by atoms with Gasteiger partial charge in [0.1, 0.15) is 4.99 Å². The Kier molecular flexibility index (Phi) is 4.43. The smallest absolute Gasteiger partial charge is 0.161 e. The fourth-order valence-electron chi connectivity index (χ4n) is 2.22. The highest BCUT2D eigenvalue weighted by atomic mass is 32.1. The van der Waals surface area contributed by atoms with E-state index in [9.17, 15) is 0 Å². The zero-order valence-electron chi connectivity index (χ0n) is 10.5. The third kappa shape index (κ3) is 2.94. The Balaban J connectivity index is 2.07. The normalized spacial score (nSPS) is 16.8. The van der Waals surface area contributed by atoms with Gasteiger partial charge < -0.3 is 15.4 Å². The molecule has 0 aromatic carbocycles. The standard InChI is InChI=1S/C12H18N4OS/c1-2-17-9-4-7-16(8-5-9)12-10(11(13)18)3-6-14-15-12/h3,6,9H,2,4-5,7-8H2,1H3,(H2,13,18). The average molecular weight is 266 g/mol. The SMILES string of the molecule is CCOC1CCN(c2nnccc2C(N)=S)CC1. The summed E-state index contributed by atoms with van der Waals surface area (Å²) in [6, 6.07) is 1.82. The van der Waals surface area contributed by atoms with Crippen molar-refractivity contribution in [3.63, 3.8) is 0 Å². The molecule has 1 saturated heterocycles. The summed E-state index contributed by atoms with van der Waals surface area (Å²) in [7, 11) is 0. The van der Waals surface area contributed by atoms with Crippen LogP contribution in [0.15, 0.2) is 12.3 Å². The van der Waals surface area contributed by atoms with Crippen molar-refractivity contribution in [1.29, 1.82) is 0 Å². The fraction of sp³-hybridized carbons (Fsp3) is 0.583. The van der Waals surface area contributed by atoms with Gasteiger partial charge in [-0.2, -0.15) is 5.10 Å². The van der Waals surface area contributed by atoms with Gasteiger partial charge in [-0.05, 0) is 25.8 Å². The summed E-state index contributed by atoms with van der Waals surface area (Å²) < 4.78 is 5.63. The van der Waals surface area contributed by atoms with Crippen LogP contribution in [0.1, 0.15) is 25.3 Å². The van der Waals surface area contributed by atoms with Crippen LogP contribution in [-0.4, -0.2) is 41.0 Å². The van der Waals surface area contributed by atoms with Crippen LogP contribution >= 0.6 is 12.2 Å². The molecule has 2 N–H and O–H groups in total. The summed E-state index contributed by atoms with van der Waals surface area (Å²) in [5.41, 5.74) is 6.51. The molecule has 1 aliphatic heterocycles. The summed E-state index contributed by atoms with van der Waals surface area (Å²) in [6.07, 6.45) is 3.98. The van der Waals surface area contributed by atoms with Gasteiger partial charge in [0, 0.05) is 19.7 Å². The topological polar surface area (TPSA) is 64.3 Å². The highest BCUT2D eigenvalue weighted by Crippen LogP contribution is 2.22. The van der Waals surface area contributed by atoms with Crippen LogP contribution in [0.2, 0.25) is 0 Å². The van der Waals surface area contributed by atoms with Crippen molar-refractivity contribution >= 4 is 23.0 Å². The summed E-state index contributed by atoms with van der Waals surface area (Å²) in [6.45, 7) is 4.60. The van der Waals surface area contributed by atoms with Crippen molar-refractivity contribution in [2.75, 3.05) is 24.6 Å². The van der Waals surface area contributed by atoms with Crippen LogP contribution in [-0.2, 0) is 4.74 Å². The second kappa shape index (κ2) is 6.06. The van der Waals surface area contributed by atoms with E-state index in [2.05, 4.69) is 15.1 Å². The lowest BCUT2D eigenvalue weighted by molar-refractivity contribution is 0.0458. The second-order valence-electron chi connectivity index (χ2n) is 4.27. The van der Waals surface area contributed by atoms with Crippen LogP contribution in [0.4, 0.5) is 5.82 Å². The first-order chi connectivity index (χ1) is 8.72. The van der Waals surface area contributed by atoms with E-state index in [1.807, 2.05) is 13.0 Å². The maximum atomic E-state index is 5.71. The fourth-order valence-corrected chi connectivity index (χ4v) is 2.38. The Labute approximate surface area is 112 Å². The van der Waals surface area contributed by atoms with Crippen LogP contribution < -0.4 is 10.6 Å². The number of hydrogen-bond donors (Lipinski definition) is 1. The van der Waals surface area contributed by atoms with Crippen molar-refractivity contribution < 1.29 is 4.74 Å². The molecular weight excluding hydrogens is 248 g/mol. The molecule has 0 unspecified atom stereocenters. The van der Waals surface area contributed by atoms with E-state index in [1.165, 1.54) is 0 Å². The number of nitrogens with two attached hydrogens (primary N) is 1. The molecular formula is C12H18N4OS. The number of thiocarbonyl (C=S) groups is 1. The van der Waals surface area contributed by atoms with Gasteiger partial charge in [0.25, 0.3) is 0 Å². The molecule has 5 nitrogen and oxygen atoms in total. The first-order valence-electron chi connectivity index (χ1n) is 6.20. The Morgan fingerprint density at radius 3 is 2.89 bits per heavy atom. The average Bonchev–Trinajstić information content (AvgIpc) is 2.40. The number of nitrogens with zero attached hydrogens (tertiary/aromatic N) is 3. The minimum Gasteiger partial charge on any atom is -0.389 e. The molecule has 0 spiro atoms. The van der Waals surface area contributed by atoms with Gasteiger partial charge in [-0.15, -0.1) is 5.10 Å². The van der Waals surface area contributed by atoms with Crippen molar-refractivity contribution in [3.05, 3.63) is 17.8 Å². The zero-order chi connectivity index (χ0) is 13.0. The summed E-state index contributed by atoms with van der Waals surface area (Å²) >= 11 is 5.04. The van der Waals surface area contributed by atoms with Crippen LogP contribution in [0, 0.1) is 0 Å². The Morgan fingerprint density at radius 1 is 1.56 bits per heavy atom. The first kappa shape index (κ1) is 13.2. The molecule has 1 aromatic rings. The van der Waals surface area contributed by atoms with Gasteiger partial charge in [-0.3, -0.25) is 0 Å². The van der Waals surface area contributed by atoms with Crippen molar-refractivity contribution in [2.24, 2.45) is 5.73 Å². The molecule has 0 saturated carbocycles. The zero-order valence-corrected chi connectivity index (χ0v) is 11.3. The van der Waals surface area contributed by atoms with Crippen LogP contribution in [0.5, 0.6) is 0 Å². The molecule has 6 heteroatoms. The molecule has 0 radical (unpaired) electrons. The summed E-state index contributed by atoms with van der Waals surface area (Å²) in [4.78, 5) is 2.55. The Bertz CT molecular complexity index is 418. The predicted octanol–water partition coefficient (Wildman–Crippen LogP) is 1.12. The lowest BCUT2D eigenvalue weighted by Gasteiger charge is -2.33. The van der Waals surface area contributed by atoms with E-state index in [0.29, 0.717) is 11.1 Å². The van der Waals surface area contributed by atoms with Crippen molar-refractivity contribution in [3.8, 4) is 0 Å². The Hall–Kier alpha value is -1.27. The lowest BCUT2D eigenvalue weighted by Crippen LogP contribution is -2.38. The third-order valence-electron chi connectivity index (χ3n) is 3.11. The van der Waals surface area contributed by atoms with E-state index in [4.69, 9.17) is 22.7 Å². The summed E-state index contributed by atoms with van der Waals surface area (Å²) in [5.74, 6) is 0.792. The summed E-state index contributed by atoms with van der Waals surface area (Å²) in [5, 5.41) is 8.08. The molecule has 98 valence electrons. The van der Waals surface area contributed by atoms with Gasteiger partial charge in [0.2, 0.25) is 0 Å². The van der Waals surface area contributed by atoms with E-state index in [1.54, 1.807) is 6.20 Å². The minimum atomic E-state index is 0.358. The monoisotopic (exact) mass is 266 g/mol. The molecule has 0 amide bonds. The number of hydrogen-bond acceptors (Lipinski definition) is 5. The number of aromatic nitrogens is 2. The lowest BCUT2D eigenvalue weighted by atomic mass is 10.1. The van der Waals surface area contributed by atoms with E-state index < -0.39 is 0 Å². The van der Waals surface area contributed by atoms with Crippen LogP contribution in [0.25, 0.3) is 0 Å². The predicted molar refractivity (Wildman–Crippen MR) is 74.8 cm³/mol. The molecule has 0 aliphatic carbocycles. The molecule has 1 aliphatic rings. The highest BCUT2D eigenvalue weighted by Gasteiger charge is 2.22. The van der Waals surface area contributed by atoms with Crippen molar-refractivity contribution in [2.45, 2.75) is 25.9 Å². The van der Waals surface area contributed by atoms with Gasteiger partial charge in [-0.25, -0.2) is 0 Å². The number of piperidine rings is 1. The van der Waals surface area contributed by atoms with E-state index in [-0.39, 0.29) is 0 Å². The molecule has 0 atom stereocenters. The van der Waals surface area contributed by atoms with E-state index >= 15 is 0 Å². The third-order valence-corrected chi connectivity index (χ3v) is 3.33. The molecule has 1 fully saturated rings. The van der Waals surface area contributed by atoms with Crippen LogP contribution in [0.3, 0.4) is 0 Å². The van der Waals surface area contributed by atoms with E-state index in [0.717, 1.165) is 43.9 Å². The number of ether oxygens (including phenoxy) is 1. The molecule has 2 rings (SSSR count). The molecule has 2 heterocycles. The molecule has 0 bridgehead atoms. The van der Waals surface area contributed by atoms with Crippen molar-refractivity contribution in [1.82, 2.24) is 10.2 Å². The number of anilines is 1. The second-order valence-corrected chi connectivity index (χ2v) is 4.71. The highest BCUT2D eigenvalue weighted by molar-refractivity contribution is 7.80. The van der Waals surface area contributed by atoms with Gasteiger partial charge in [0.15, 0.2) is 5.82 Å². The van der Waals surface area contributed by atoms with Gasteiger partial charge >= 0.3 is 0 Å². The molecule has 18 heavy (non-hydrogen) atoms. The van der Waals surface area contributed by atoms with Gasteiger partial charge in [-0.1, -0.05) is 12.2 Å². The maximum Gasteiger partial charge on any atom is 0.161 e. The molecule has 1 aromatic heterocycles. The maximum absolute atomic E-state index is 5.71. The minimum absolute atomic E-state index is 0.358. The quantitative estimate of drug-likeness (QED) is 0.824. The van der Waals surface area contributed by atoms with Gasteiger partial charge in [0.05, 0.1) is 17.9 Å². The largest absolute Gasteiger partial charge is 0.389 e. The Morgan fingerprint density at radius 2 is 2.28 bits per heavy atom. The number of rotatable bonds is 4.